The van der Waals surface area contributed by atoms with Gasteiger partial charge in [0, 0.05) is 25.5 Å². The van der Waals surface area contributed by atoms with E-state index in [-0.39, 0.29) is 11.7 Å². The number of pyridine rings is 1. The van der Waals surface area contributed by atoms with Crippen molar-refractivity contribution in [2.24, 2.45) is 7.05 Å². The van der Waals surface area contributed by atoms with Crippen molar-refractivity contribution >= 4 is 17.5 Å². The molecule has 16 heavy (non-hydrogen) atoms. The van der Waals surface area contributed by atoms with Crippen LogP contribution in [-0.2, 0) is 7.05 Å². The molecule has 0 bridgehead atoms. The summed E-state index contributed by atoms with van der Waals surface area (Å²) in [5.74, 6) is 0.371. The second kappa shape index (κ2) is 4.01. The van der Waals surface area contributed by atoms with Crippen molar-refractivity contribution in [3.63, 3.8) is 0 Å². The molecule has 82 valence electrons. The van der Waals surface area contributed by atoms with Gasteiger partial charge in [0.1, 0.15) is 5.82 Å². The smallest absolute Gasteiger partial charge is 0.260 e. The summed E-state index contributed by atoms with van der Waals surface area (Å²) >= 11 is 0. The predicted molar refractivity (Wildman–Crippen MR) is 59.8 cm³/mol. The summed E-state index contributed by atoms with van der Waals surface area (Å²) in [6.45, 7) is 0. The summed E-state index contributed by atoms with van der Waals surface area (Å²) in [5.41, 5.74) is 5.92. The lowest BCUT2D eigenvalue weighted by Gasteiger charge is -2.03. The Labute approximate surface area is 92.1 Å². The summed E-state index contributed by atoms with van der Waals surface area (Å²) < 4.78 is 1.60. The Bertz CT molecular complexity index is 519. The molecule has 0 aliphatic carbocycles. The van der Waals surface area contributed by atoms with Gasteiger partial charge < -0.3 is 11.1 Å². The molecule has 0 aliphatic rings. The molecule has 0 unspecified atom stereocenters. The average molecular weight is 217 g/mol. The van der Waals surface area contributed by atoms with Crippen molar-refractivity contribution in [2.45, 2.75) is 0 Å². The van der Waals surface area contributed by atoms with Crippen LogP contribution in [0.25, 0.3) is 0 Å². The highest BCUT2D eigenvalue weighted by atomic mass is 16.1. The quantitative estimate of drug-likeness (QED) is 0.773. The van der Waals surface area contributed by atoms with Gasteiger partial charge in [0.2, 0.25) is 0 Å². The molecule has 0 radical (unpaired) electrons. The molecule has 0 aromatic carbocycles. The third-order valence-corrected chi connectivity index (χ3v) is 2.04. The van der Waals surface area contributed by atoms with Gasteiger partial charge in [0.05, 0.1) is 5.56 Å². The van der Waals surface area contributed by atoms with Gasteiger partial charge in [-0.1, -0.05) is 0 Å². The molecule has 6 heteroatoms. The van der Waals surface area contributed by atoms with E-state index in [0.29, 0.717) is 11.4 Å². The Hall–Kier alpha value is -2.37. The van der Waals surface area contributed by atoms with Gasteiger partial charge in [0.25, 0.3) is 5.91 Å². The van der Waals surface area contributed by atoms with Crippen LogP contribution in [-0.4, -0.2) is 20.7 Å². The zero-order valence-electron chi connectivity index (χ0n) is 8.71. The number of nitrogens with two attached hydrogens (primary N) is 1. The second-order valence-corrected chi connectivity index (χ2v) is 3.26. The molecule has 1 amide bonds. The fourth-order valence-electron chi connectivity index (χ4n) is 1.27. The highest BCUT2D eigenvalue weighted by molar-refractivity contribution is 6.06. The van der Waals surface area contributed by atoms with Crippen LogP contribution in [0.2, 0.25) is 0 Å². The third kappa shape index (κ3) is 2.00. The van der Waals surface area contributed by atoms with Crippen LogP contribution in [0.1, 0.15) is 10.4 Å². The largest absolute Gasteiger partial charge is 0.383 e. The highest BCUT2D eigenvalue weighted by Crippen LogP contribution is 2.10. The normalized spacial score (nSPS) is 10.1. The molecule has 0 fully saturated rings. The van der Waals surface area contributed by atoms with Crippen molar-refractivity contribution in [2.75, 3.05) is 11.1 Å². The van der Waals surface area contributed by atoms with Crippen molar-refractivity contribution in [3.05, 3.63) is 36.2 Å². The molecule has 3 N–H and O–H groups in total. The highest BCUT2D eigenvalue weighted by Gasteiger charge is 2.10. The third-order valence-electron chi connectivity index (χ3n) is 2.04. The molecular formula is C10H11N5O. The van der Waals surface area contributed by atoms with Crippen molar-refractivity contribution in [1.82, 2.24) is 14.8 Å². The fourth-order valence-corrected chi connectivity index (χ4v) is 1.27. The lowest BCUT2D eigenvalue weighted by molar-refractivity contribution is 0.102. The molecule has 2 rings (SSSR count). The van der Waals surface area contributed by atoms with E-state index in [2.05, 4.69) is 15.4 Å². The van der Waals surface area contributed by atoms with Crippen LogP contribution < -0.4 is 11.1 Å². The monoisotopic (exact) mass is 217 g/mol. The summed E-state index contributed by atoms with van der Waals surface area (Å²) in [5, 5.41) is 6.66. The van der Waals surface area contributed by atoms with Crippen molar-refractivity contribution < 1.29 is 4.79 Å². The lowest BCUT2D eigenvalue weighted by atomic mass is 10.2. The van der Waals surface area contributed by atoms with Gasteiger partial charge in [-0.05, 0) is 12.1 Å². The molecule has 0 saturated carbocycles. The molecule has 0 atom stereocenters. The van der Waals surface area contributed by atoms with Crippen LogP contribution in [0.15, 0.2) is 30.6 Å². The maximum absolute atomic E-state index is 11.8. The summed E-state index contributed by atoms with van der Waals surface area (Å²) in [7, 11) is 1.77. The van der Waals surface area contributed by atoms with Crippen molar-refractivity contribution in [1.29, 1.82) is 0 Å². The first-order chi connectivity index (χ1) is 7.66. The van der Waals surface area contributed by atoms with Crippen LogP contribution in [0.5, 0.6) is 0 Å². The van der Waals surface area contributed by atoms with E-state index in [9.17, 15) is 4.79 Å². The molecule has 6 nitrogen and oxygen atoms in total. The van der Waals surface area contributed by atoms with E-state index in [1.165, 1.54) is 6.20 Å². The number of hydrogen-bond donors (Lipinski definition) is 2. The summed E-state index contributed by atoms with van der Waals surface area (Å²) in [4.78, 5) is 15.6. The van der Waals surface area contributed by atoms with Crippen LogP contribution in [0.4, 0.5) is 11.6 Å². The maximum atomic E-state index is 11.8. The Morgan fingerprint density at radius 3 is 2.94 bits per heavy atom. The molecule has 0 saturated heterocycles. The van der Waals surface area contributed by atoms with Gasteiger partial charge in [-0.25, -0.2) is 4.98 Å². The van der Waals surface area contributed by atoms with Gasteiger partial charge in [-0.3, -0.25) is 9.48 Å². The topological polar surface area (TPSA) is 85.8 Å². The Balaban J connectivity index is 2.18. The minimum Gasteiger partial charge on any atom is -0.383 e. The number of aryl methyl sites for hydroxylation is 1. The Kier molecular flexibility index (Phi) is 2.55. The van der Waals surface area contributed by atoms with E-state index in [4.69, 9.17) is 5.73 Å². The molecular weight excluding hydrogens is 206 g/mol. The van der Waals surface area contributed by atoms with E-state index in [1.54, 1.807) is 36.1 Å². The Morgan fingerprint density at radius 2 is 2.31 bits per heavy atom. The van der Waals surface area contributed by atoms with Gasteiger partial charge >= 0.3 is 0 Å². The Morgan fingerprint density at radius 1 is 1.50 bits per heavy atom. The zero-order valence-corrected chi connectivity index (χ0v) is 8.71. The first kappa shape index (κ1) is 10.2. The average Bonchev–Trinajstić information content (AvgIpc) is 2.64. The van der Waals surface area contributed by atoms with Gasteiger partial charge in [-0.2, -0.15) is 5.10 Å². The van der Waals surface area contributed by atoms with Gasteiger partial charge in [0.15, 0.2) is 5.82 Å². The number of amides is 1. The number of nitrogens with one attached hydrogen (secondary N) is 1. The minimum absolute atomic E-state index is 0.205. The predicted octanol–water partition coefficient (Wildman–Crippen LogP) is 0.650. The number of anilines is 2. The maximum Gasteiger partial charge on any atom is 0.260 e. The molecule has 2 aromatic rings. The number of nitrogen functional groups attached to an aromatic ring is 1. The minimum atomic E-state index is -0.315. The van der Waals surface area contributed by atoms with Crippen LogP contribution >= 0.6 is 0 Å². The number of carbonyl (C=O) groups is 1. The second-order valence-electron chi connectivity index (χ2n) is 3.26. The van der Waals surface area contributed by atoms with Crippen molar-refractivity contribution in [3.8, 4) is 0 Å². The van der Waals surface area contributed by atoms with Crippen LogP contribution in [0, 0.1) is 0 Å². The van der Waals surface area contributed by atoms with Crippen LogP contribution in [0.3, 0.4) is 0 Å². The standard InChI is InChI=1S/C10H11N5O/c1-15-6-4-8(14-15)13-10(16)7-3-2-5-12-9(7)11/h2-6H,1H3,(H2,11,12)(H,13,14,16). The van der Waals surface area contributed by atoms with Gasteiger partial charge in [-0.15, -0.1) is 0 Å². The first-order valence-corrected chi connectivity index (χ1v) is 4.68. The number of aromatic nitrogens is 3. The van der Waals surface area contributed by atoms with E-state index in [1.807, 2.05) is 0 Å². The fraction of sp³-hybridized carbons (Fsp3) is 0.100. The zero-order chi connectivity index (χ0) is 11.5. The number of hydrogen-bond acceptors (Lipinski definition) is 4. The van der Waals surface area contributed by atoms with E-state index >= 15 is 0 Å². The molecule has 2 aromatic heterocycles. The summed E-state index contributed by atoms with van der Waals surface area (Å²) in [6.07, 6.45) is 3.27. The molecule has 0 spiro atoms. The molecule has 2 heterocycles. The number of carbonyl (C=O) groups excluding carboxylic acids is 1. The SMILES string of the molecule is Cn1ccc(NC(=O)c2cccnc2N)n1. The first-order valence-electron chi connectivity index (χ1n) is 4.68. The number of nitrogens with zero attached hydrogens (tertiary/aromatic N) is 3. The van der Waals surface area contributed by atoms with E-state index in [0.717, 1.165) is 0 Å². The van der Waals surface area contributed by atoms with E-state index < -0.39 is 0 Å². The summed E-state index contributed by atoms with van der Waals surface area (Å²) in [6, 6.07) is 4.97. The number of rotatable bonds is 2. The molecule has 0 aliphatic heterocycles. The lowest BCUT2D eigenvalue weighted by Crippen LogP contribution is -2.15.